The Hall–Kier alpha value is -1.39. The maximum absolute atomic E-state index is 13.6. The number of ether oxygens (including phenoxy) is 1. The Labute approximate surface area is 120 Å². The fraction of sp³-hybridized carbons (Fsp3) is 0.500. The van der Waals surface area contributed by atoms with E-state index in [9.17, 15) is 4.39 Å². The molecular weight excluding hydrogens is 255 g/mol. The average molecular weight is 278 g/mol. The summed E-state index contributed by atoms with van der Waals surface area (Å²) in [5.74, 6) is 0.0141. The summed E-state index contributed by atoms with van der Waals surface area (Å²) in [5, 5.41) is 3.36. The number of rotatable bonds is 6. The summed E-state index contributed by atoms with van der Waals surface area (Å²) in [7, 11) is 1.51. The molecule has 110 valence electrons. The van der Waals surface area contributed by atoms with Crippen LogP contribution in [0.5, 0.6) is 5.75 Å². The third-order valence-corrected chi connectivity index (χ3v) is 3.80. The minimum Gasteiger partial charge on any atom is -0.494 e. The van der Waals surface area contributed by atoms with Crippen molar-refractivity contribution in [3.05, 3.63) is 42.2 Å². The Kier molecular flexibility index (Phi) is 5.56. The zero-order chi connectivity index (χ0) is 14.4. The quantitative estimate of drug-likeness (QED) is 0.810. The van der Waals surface area contributed by atoms with E-state index in [1.165, 1.54) is 13.2 Å². The van der Waals surface area contributed by atoms with E-state index in [2.05, 4.69) is 16.8 Å². The summed E-state index contributed by atoms with van der Waals surface area (Å²) in [4.78, 5) is 2.45. The molecule has 4 heteroatoms. The van der Waals surface area contributed by atoms with Crippen molar-refractivity contribution in [2.75, 3.05) is 33.3 Å². The average Bonchev–Trinajstić information content (AvgIpc) is 2.50. The Bertz CT molecular complexity index is 444. The van der Waals surface area contributed by atoms with Crippen LogP contribution in [-0.4, -0.2) is 38.2 Å². The number of halogens is 1. The van der Waals surface area contributed by atoms with E-state index in [1.54, 1.807) is 0 Å². The van der Waals surface area contributed by atoms with E-state index in [0.717, 1.165) is 44.6 Å². The van der Waals surface area contributed by atoms with E-state index in [0.29, 0.717) is 11.8 Å². The largest absolute Gasteiger partial charge is 0.494 e. The van der Waals surface area contributed by atoms with Gasteiger partial charge in [0.25, 0.3) is 0 Å². The summed E-state index contributed by atoms with van der Waals surface area (Å²) in [6.07, 6.45) is 3.89. The van der Waals surface area contributed by atoms with E-state index in [4.69, 9.17) is 4.74 Å². The number of benzene rings is 1. The van der Waals surface area contributed by atoms with Crippen molar-refractivity contribution in [2.24, 2.45) is 0 Å². The van der Waals surface area contributed by atoms with Crippen molar-refractivity contribution in [1.82, 2.24) is 10.2 Å². The minimum atomic E-state index is -0.306. The van der Waals surface area contributed by atoms with Gasteiger partial charge in [0.15, 0.2) is 11.6 Å². The molecule has 1 aromatic carbocycles. The molecule has 1 aliphatic rings. The lowest BCUT2D eigenvalue weighted by Crippen LogP contribution is -2.45. The van der Waals surface area contributed by atoms with Gasteiger partial charge < -0.3 is 10.1 Å². The van der Waals surface area contributed by atoms with Crippen LogP contribution in [0.3, 0.4) is 0 Å². The Balaban J connectivity index is 2.22. The smallest absolute Gasteiger partial charge is 0.165 e. The molecule has 3 nitrogen and oxygen atoms in total. The Morgan fingerprint density at radius 3 is 2.85 bits per heavy atom. The molecule has 0 spiro atoms. The van der Waals surface area contributed by atoms with E-state index < -0.39 is 0 Å². The van der Waals surface area contributed by atoms with Gasteiger partial charge in [0.2, 0.25) is 0 Å². The molecule has 0 saturated carbocycles. The fourth-order valence-electron chi connectivity index (χ4n) is 2.71. The molecule has 0 unspecified atom stereocenters. The molecule has 0 radical (unpaired) electrons. The van der Waals surface area contributed by atoms with Crippen LogP contribution in [0.2, 0.25) is 0 Å². The van der Waals surface area contributed by atoms with E-state index in [1.807, 2.05) is 18.2 Å². The molecule has 0 aliphatic carbocycles. The predicted octanol–water partition coefficient (Wildman–Crippen LogP) is 2.75. The van der Waals surface area contributed by atoms with Crippen LogP contribution in [-0.2, 0) is 0 Å². The topological polar surface area (TPSA) is 24.5 Å². The van der Waals surface area contributed by atoms with Crippen molar-refractivity contribution in [2.45, 2.75) is 18.9 Å². The van der Waals surface area contributed by atoms with Crippen LogP contribution in [0, 0.1) is 5.82 Å². The lowest BCUT2D eigenvalue weighted by molar-refractivity contribution is 0.166. The molecule has 20 heavy (non-hydrogen) atoms. The lowest BCUT2D eigenvalue weighted by Gasteiger charge is -2.35. The van der Waals surface area contributed by atoms with Gasteiger partial charge in [0.05, 0.1) is 7.11 Å². The highest BCUT2D eigenvalue weighted by Gasteiger charge is 2.22. The fourth-order valence-corrected chi connectivity index (χ4v) is 2.71. The van der Waals surface area contributed by atoms with Crippen molar-refractivity contribution >= 4 is 0 Å². The third kappa shape index (κ3) is 3.58. The second-order valence-electron chi connectivity index (χ2n) is 5.06. The number of nitrogens with one attached hydrogen (secondary N) is 1. The molecule has 0 bridgehead atoms. The number of nitrogens with zero attached hydrogens (tertiary/aromatic N) is 1. The number of hydrogen-bond donors (Lipinski definition) is 1. The molecule has 1 aliphatic heterocycles. The highest BCUT2D eigenvalue weighted by Crippen LogP contribution is 2.30. The first-order valence-electron chi connectivity index (χ1n) is 7.15. The van der Waals surface area contributed by atoms with Crippen LogP contribution in [0.1, 0.15) is 24.4 Å². The van der Waals surface area contributed by atoms with Gasteiger partial charge in [-0.1, -0.05) is 12.1 Å². The molecule has 1 saturated heterocycles. The number of allylic oxidation sites excluding steroid dienone is 1. The number of piperazine rings is 1. The second kappa shape index (κ2) is 7.41. The zero-order valence-corrected chi connectivity index (χ0v) is 12.1. The highest BCUT2D eigenvalue weighted by molar-refractivity contribution is 5.32. The van der Waals surface area contributed by atoms with Crippen LogP contribution in [0.25, 0.3) is 0 Å². The van der Waals surface area contributed by atoms with Crippen molar-refractivity contribution in [3.63, 3.8) is 0 Å². The van der Waals surface area contributed by atoms with Gasteiger partial charge in [-0.25, -0.2) is 4.39 Å². The van der Waals surface area contributed by atoms with Crippen LogP contribution < -0.4 is 10.1 Å². The molecule has 0 aromatic heterocycles. The van der Waals surface area contributed by atoms with Crippen LogP contribution in [0.4, 0.5) is 4.39 Å². The predicted molar refractivity (Wildman–Crippen MR) is 79.6 cm³/mol. The SMILES string of the molecule is C=CCC[C@@H](c1ccc(F)c(OC)c1)N1CCNCC1. The molecule has 1 atom stereocenters. The van der Waals surface area contributed by atoms with E-state index in [-0.39, 0.29) is 5.82 Å². The maximum atomic E-state index is 13.6. The summed E-state index contributed by atoms with van der Waals surface area (Å²) in [6.45, 7) is 7.84. The van der Waals surface area contributed by atoms with E-state index >= 15 is 0 Å². The summed E-state index contributed by atoms with van der Waals surface area (Å²) in [5.41, 5.74) is 1.12. The van der Waals surface area contributed by atoms with Crippen LogP contribution in [0.15, 0.2) is 30.9 Å². The highest BCUT2D eigenvalue weighted by atomic mass is 19.1. The first-order valence-corrected chi connectivity index (χ1v) is 7.15. The van der Waals surface area contributed by atoms with Gasteiger partial charge in [-0.3, -0.25) is 4.90 Å². The number of methoxy groups -OCH3 is 1. The van der Waals surface area contributed by atoms with Crippen molar-refractivity contribution in [1.29, 1.82) is 0 Å². The first kappa shape index (κ1) is 15.0. The first-order chi connectivity index (χ1) is 9.76. The third-order valence-electron chi connectivity index (χ3n) is 3.80. The lowest BCUT2D eigenvalue weighted by atomic mass is 9.99. The van der Waals surface area contributed by atoms with Gasteiger partial charge in [0.1, 0.15) is 0 Å². The van der Waals surface area contributed by atoms with Gasteiger partial charge in [0, 0.05) is 32.2 Å². The Morgan fingerprint density at radius 1 is 1.45 bits per heavy atom. The summed E-state index contributed by atoms with van der Waals surface area (Å²) < 4.78 is 18.7. The molecule has 2 rings (SSSR count). The molecular formula is C16H23FN2O. The standard InChI is InChI=1S/C16H23FN2O/c1-3-4-5-15(19-10-8-18-9-11-19)13-6-7-14(17)16(12-13)20-2/h3,6-7,12,15,18H,1,4-5,8-11H2,2H3/t15-/m0/s1. The normalized spacial score (nSPS) is 17.7. The van der Waals surface area contributed by atoms with Gasteiger partial charge >= 0.3 is 0 Å². The molecule has 1 heterocycles. The van der Waals surface area contributed by atoms with Crippen LogP contribution >= 0.6 is 0 Å². The molecule has 1 fully saturated rings. The number of hydrogen-bond acceptors (Lipinski definition) is 3. The Morgan fingerprint density at radius 2 is 2.20 bits per heavy atom. The monoisotopic (exact) mass is 278 g/mol. The molecule has 1 N–H and O–H groups in total. The molecule has 1 aromatic rings. The van der Waals surface area contributed by atoms with Gasteiger partial charge in [-0.05, 0) is 30.5 Å². The van der Waals surface area contributed by atoms with Gasteiger partial charge in [-0.15, -0.1) is 6.58 Å². The minimum absolute atomic E-state index is 0.296. The summed E-state index contributed by atoms with van der Waals surface area (Å²) >= 11 is 0. The summed E-state index contributed by atoms with van der Waals surface area (Å²) in [6, 6.07) is 5.49. The second-order valence-corrected chi connectivity index (χ2v) is 5.06. The molecule has 0 amide bonds. The van der Waals surface area contributed by atoms with Crippen molar-refractivity contribution < 1.29 is 9.13 Å². The van der Waals surface area contributed by atoms with Crippen molar-refractivity contribution in [3.8, 4) is 5.75 Å². The zero-order valence-electron chi connectivity index (χ0n) is 12.1. The maximum Gasteiger partial charge on any atom is 0.165 e. The van der Waals surface area contributed by atoms with Gasteiger partial charge in [-0.2, -0.15) is 0 Å².